The molecule has 0 unspecified atom stereocenters. The van der Waals surface area contributed by atoms with E-state index < -0.39 is 0 Å². The molecule has 2 N–H and O–H groups in total. The summed E-state index contributed by atoms with van der Waals surface area (Å²) >= 11 is 3.04. The minimum atomic E-state index is -0.109. The second-order valence-corrected chi connectivity index (χ2v) is 7.23. The standard InChI is InChI=1S/C16H16N2O2S2/c1-3-12-9(2)6-14(22-12)16(20)17-10-4-5-13-11(7-10)18-15(19)8-21-13/h4-7H,3,8H2,1-2H3,(H,17,20)(H,18,19). The van der Waals surface area contributed by atoms with Crippen molar-refractivity contribution in [2.24, 2.45) is 0 Å². The summed E-state index contributed by atoms with van der Waals surface area (Å²) in [5.41, 5.74) is 2.61. The van der Waals surface area contributed by atoms with Crippen molar-refractivity contribution in [3.8, 4) is 0 Å². The average molecular weight is 332 g/mol. The van der Waals surface area contributed by atoms with E-state index in [1.165, 1.54) is 28.0 Å². The summed E-state index contributed by atoms with van der Waals surface area (Å²) in [6, 6.07) is 7.52. The van der Waals surface area contributed by atoms with Crippen LogP contribution in [0.2, 0.25) is 0 Å². The number of thioether (sulfide) groups is 1. The van der Waals surface area contributed by atoms with Gasteiger partial charge in [-0.05, 0) is 43.2 Å². The first kappa shape index (κ1) is 15.1. The van der Waals surface area contributed by atoms with Gasteiger partial charge in [0.05, 0.1) is 16.3 Å². The van der Waals surface area contributed by atoms with Crippen LogP contribution in [-0.4, -0.2) is 17.6 Å². The van der Waals surface area contributed by atoms with Gasteiger partial charge in [-0.2, -0.15) is 0 Å². The maximum Gasteiger partial charge on any atom is 0.265 e. The summed E-state index contributed by atoms with van der Waals surface area (Å²) in [5, 5.41) is 5.73. The molecule has 1 aliphatic rings. The Bertz CT molecular complexity index is 753. The number of benzene rings is 1. The van der Waals surface area contributed by atoms with Crippen LogP contribution >= 0.6 is 23.1 Å². The van der Waals surface area contributed by atoms with Gasteiger partial charge in [-0.1, -0.05) is 6.92 Å². The van der Waals surface area contributed by atoms with E-state index in [1.54, 1.807) is 6.07 Å². The SMILES string of the molecule is CCc1sc(C(=O)Nc2ccc3c(c2)NC(=O)CS3)cc1C. The lowest BCUT2D eigenvalue weighted by Crippen LogP contribution is -2.19. The van der Waals surface area contributed by atoms with E-state index in [-0.39, 0.29) is 11.8 Å². The first-order chi connectivity index (χ1) is 10.6. The number of aryl methyl sites for hydroxylation is 2. The Morgan fingerprint density at radius 1 is 1.36 bits per heavy atom. The Balaban J connectivity index is 1.79. The monoisotopic (exact) mass is 332 g/mol. The van der Waals surface area contributed by atoms with Crippen molar-refractivity contribution in [2.75, 3.05) is 16.4 Å². The number of carbonyl (C=O) groups is 2. The van der Waals surface area contributed by atoms with Crippen LogP contribution in [0.4, 0.5) is 11.4 Å². The van der Waals surface area contributed by atoms with Crippen LogP contribution in [-0.2, 0) is 11.2 Å². The molecule has 0 spiro atoms. The van der Waals surface area contributed by atoms with E-state index in [9.17, 15) is 9.59 Å². The number of thiophene rings is 1. The maximum absolute atomic E-state index is 12.3. The van der Waals surface area contributed by atoms with Gasteiger partial charge in [-0.3, -0.25) is 9.59 Å². The topological polar surface area (TPSA) is 58.2 Å². The molecule has 6 heteroatoms. The summed E-state index contributed by atoms with van der Waals surface area (Å²) in [5.74, 6) is 0.317. The molecule has 0 bridgehead atoms. The van der Waals surface area contributed by atoms with Gasteiger partial charge in [0.25, 0.3) is 5.91 Å². The molecule has 1 aromatic heterocycles. The molecule has 1 aliphatic heterocycles. The molecule has 0 atom stereocenters. The molecule has 3 rings (SSSR count). The molecule has 2 amide bonds. The molecule has 4 nitrogen and oxygen atoms in total. The van der Waals surface area contributed by atoms with Gasteiger partial charge in [-0.15, -0.1) is 23.1 Å². The smallest absolute Gasteiger partial charge is 0.265 e. The van der Waals surface area contributed by atoms with E-state index in [0.717, 1.165) is 22.6 Å². The van der Waals surface area contributed by atoms with Crippen molar-refractivity contribution < 1.29 is 9.59 Å². The highest BCUT2D eigenvalue weighted by Gasteiger charge is 2.17. The Hall–Kier alpha value is -1.79. The number of fused-ring (bicyclic) bond motifs is 1. The molecule has 0 fully saturated rings. The van der Waals surface area contributed by atoms with Crippen molar-refractivity contribution >= 4 is 46.3 Å². The summed E-state index contributed by atoms with van der Waals surface area (Å²) in [6.07, 6.45) is 0.936. The molecular formula is C16H16N2O2S2. The molecule has 22 heavy (non-hydrogen) atoms. The summed E-state index contributed by atoms with van der Waals surface area (Å²) in [4.78, 5) is 26.7. The minimum Gasteiger partial charge on any atom is -0.324 e. The number of rotatable bonds is 3. The van der Waals surface area contributed by atoms with E-state index in [2.05, 4.69) is 17.6 Å². The second-order valence-electron chi connectivity index (χ2n) is 5.07. The number of nitrogens with one attached hydrogen (secondary N) is 2. The first-order valence-electron chi connectivity index (χ1n) is 7.04. The summed E-state index contributed by atoms with van der Waals surface area (Å²) in [7, 11) is 0. The molecule has 2 aromatic rings. The van der Waals surface area contributed by atoms with Crippen LogP contribution in [0.15, 0.2) is 29.2 Å². The zero-order valence-corrected chi connectivity index (χ0v) is 14.0. The number of hydrogen-bond donors (Lipinski definition) is 2. The molecule has 114 valence electrons. The lowest BCUT2D eigenvalue weighted by Gasteiger charge is -2.17. The van der Waals surface area contributed by atoms with Gasteiger partial charge in [0.2, 0.25) is 5.91 Å². The quantitative estimate of drug-likeness (QED) is 0.896. The zero-order valence-electron chi connectivity index (χ0n) is 12.4. The lowest BCUT2D eigenvalue weighted by atomic mass is 10.2. The average Bonchev–Trinajstić information content (AvgIpc) is 2.88. The van der Waals surface area contributed by atoms with Crippen molar-refractivity contribution in [3.05, 3.63) is 39.6 Å². The van der Waals surface area contributed by atoms with E-state index in [1.807, 2.05) is 25.1 Å². The fourth-order valence-corrected chi connectivity index (χ4v) is 4.13. The first-order valence-corrected chi connectivity index (χ1v) is 8.84. The minimum absolute atomic E-state index is 0.0116. The predicted octanol–water partition coefficient (Wildman–Crippen LogP) is 3.92. The van der Waals surface area contributed by atoms with Crippen molar-refractivity contribution in [2.45, 2.75) is 25.2 Å². The van der Waals surface area contributed by atoms with Crippen molar-refractivity contribution in [1.82, 2.24) is 0 Å². The van der Waals surface area contributed by atoms with Gasteiger partial charge < -0.3 is 10.6 Å². The highest BCUT2D eigenvalue weighted by Crippen LogP contribution is 2.33. The molecule has 1 aromatic carbocycles. The zero-order chi connectivity index (χ0) is 15.7. The largest absolute Gasteiger partial charge is 0.324 e. The highest BCUT2D eigenvalue weighted by molar-refractivity contribution is 8.00. The van der Waals surface area contributed by atoms with E-state index in [0.29, 0.717) is 16.3 Å². The number of amides is 2. The molecule has 0 saturated carbocycles. The third-order valence-electron chi connectivity index (χ3n) is 3.44. The van der Waals surface area contributed by atoms with Gasteiger partial charge in [0.15, 0.2) is 0 Å². The van der Waals surface area contributed by atoms with Gasteiger partial charge in [0.1, 0.15) is 0 Å². The molecule has 0 radical (unpaired) electrons. The highest BCUT2D eigenvalue weighted by atomic mass is 32.2. The Morgan fingerprint density at radius 3 is 2.91 bits per heavy atom. The molecule has 0 saturated heterocycles. The number of anilines is 2. The second kappa shape index (κ2) is 6.14. The van der Waals surface area contributed by atoms with Crippen LogP contribution in [0.1, 0.15) is 27.0 Å². The van der Waals surface area contributed by atoms with Crippen LogP contribution < -0.4 is 10.6 Å². The Labute approximate surface area is 137 Å². The number of hydrogen-bond acceptors (Lipinski definition) is 4. The molecule has 0 aliphatic carbocycles. The Kier molecular flexibility index (Phi) is 4.22. The van der Waals surface area contributed by atoms with Crippen molar-refractivity contribution in [3.63, 3.8) is 0 Å². The summed E-state index contributed by atoms with van der Waals surface area (Å²) in [6.45, 7) is 4.11. The predicted molar refractivity (Wildman–Crippen MR) is 92.2 cm³/mol. The van der Waals surface area contributed by atoms with Gasteiger partial charge in [0, 0.05) is 15.5 Å². The van der Waals surface area contributed by atoms with E-state index >= 15 is 0 Å². The van der Waals surface area contributed by atoms with Crippen LogP contribution in [0, 0.1) is 6.92 Å². The third kappa shape index (κ3) is 3.03. The fourth-order valence-electron chi connectivity index (χ4n) is 2.34. The van der Waals surface area contributed by atoms with Crippen LogP contribution in [0.3, 0.4) is 0 Å². The normalized spacial score (nSPS) is 13.5. The van der Waals surface area contributed by atoms with Gasteiger partial charge in [-0.25, -0.2) is 0 Å². The lowest BCUT2D eigenvalue weighted by molar-refractivity contribution is -0.113. The van der Waals surface area contributed by atoms with Crippen LogP contribution in [0.5, 0.6) is 0 Å². The van der Waals surface area contributed by atoms with E-state index in [4.69, 9.17) is 0 Å². The number of carbonyl (C=O) groups excluding carboxylic acids is 2. The third-order valence-corrected chi connectivity index (χ3v) is 5.89. The molecular weight excluding hydrogens is 316 g/mol. The molecule has 2 heterocycles. The fraction of sp³-hybridized carbons (Fsp3) is 0.250. The summed E-state index contributed by atoms with van der Waals surface area (Å²) < 4.78 is 0. The Morgan fingerprint density at radius 2 is 2.18 bits per heavy atom. The van der Waals surface area contributed by atoms with Crippen LogP contribution in [0.25, 0.3) is 0 Å². The van der Waals surface area contributed by atoms with Crippen molar-refractivity contribution in [1.29, 1.82) is 0 Å². The van der Waals surface area contributed by atoms with Gasteiger partial charge >= 0.3 is 0 Å². The maximum atomic E-state index is 12.3.